The van der Waals surface area contributed by atoms with E-state index in [0.29, 0.717) is 12.5 Å². The van der Waals surface area contributed by atoms with Crippen molar-refractivity contribution in [2.75, 3.05) is 0 Å². The summed E-state index contributed by atoms with van der Waals surface area (Å²) in [5.74, 6) is 1.61. The zero-order chi connectivity index (χ0) is 23.0. The van der Waals surface area contributed by atoms with Crippen LogP contribution in [0.15, 0.2) is 59.7 Å². The van der Waals surface area contributed by atoms with Crippen molar-refractivity contribution in [3.8, 4) is 5.75 Å². The molecule has 1 N–H and O–H groups in total. The Morgan fingerprint density at radius 1 is 1.15 bits per heavy atom. The van der Waals surface area contributed by atoms with Crippen molar-refractivity contribution in [2.45, 2.75) is 39.2 Å². The largest absolute Gasteiger partial charge is 0.487 e. The van der Waals surface area contributed by atoms with E-state index in [4.69, 9.17) is 4.74 Å². The van der Waals surface area contributed by atoms with Crippen molar-refractivity contribution >= 4 is 68.1 Å². The molecule has 33 heavy (non-hydrogen) atoms. The van der Waals surface area contributed by atoms with Gasteiger partial charge < -0.3 is 4.74 Å². The van der Waals surface area contributed by atoms with Crippen LogP contribution in [0.3, 0.4) is 0 Å². The number of rotatable bonds is 6. The number of hydrazone groups is 1. The Balaban J connectivity index is 1.23. The van der Waals surface area contributed by atoms with Crippen LogP contribution in [-0.4, -0.2) is 12.1 Å². The number of carbonyl (C=O) groups excluding carboxylic acids is 1. The maximum Gasteiger partial charge on any atom is 0.244 e. The summed E-state index contributed by atoms with van der Waals surface area (Å²) < 4.78 is 8.28. The van der Waals surface area contributed by atoms with Gasteiger partial charge in [0.1, 0.15) is 12.4 Å². The van der Waals surface area contributed by atoms with E-state index in [2.05, 4.69) is 105 Å². The molecule has 3 unspecified atom stereocenters. The van der Waals surface area contributed by atoms with Gasteiger partial charge in [0.05, 0.1) is 13.4 Å². The Kier molecular flexibility index (Phi) is 6.66. The summed E-state index contributed by atoms with van der Waals surface area (Å²) in [4.78, 5) is 12.6. The molecule has 0 bridgehead atoms. The van der Waals surface area contributed by atoms with Gasteiger partial charge in [-0.15, -0.1) is 0 Å². The topological polar surface area (TPSA) is 50.7 Å². The van der Waals surface area contributed by atoms with Gasteiger partial charge in [0.2, 0.25) is 5.91 Å². The number of amides is 1. The molecule has 0 aliphatic heterocycles. The predicted molar refractivity (Wildman–Crippen MR) is 149 cm³/mol. The number of nitrogens with zero attached hydrogens (tertiary/aromatic N) is 1. The minimum Gasteiger partial charge on any atom is -0.487 e. The second kappa shape index (κ2) is 9.52. The number of benzene rings is 3. The molecule has 3 aromatic rings. The fourth-order valence-electron chi connectivity index (χ4n) is 5.45. The molecule has 2 fully saturated rings. The van der Waals surface area contributed by atoms with E-state index < -0.39 is 0 Å². The first-order chi connectivity index (χ1) is 16.0. The second-order valence-electron chi connectivity index (χ2n) is 9.31. The lowest BCUT2D eigenvalue weighted by molar-refractivity contribution is -0.123. The average Bonchev–Trinajstić information content (AvgIpc) is 3.44. The fourth-order valence-corrected chi connectivity index (χ4v) is 7.58. The summed E-state index contributed by atoms with van der Waals surface area (Å²) in [6.07, 6.45) is 6.56. The van der Waals surface area contributed by atoms with Gasteiger partial charge in [-0.25, -0.2) is 5.43 Å². The number of nitrogens with one attached hydrogen (secondary N) is 1. The molecule has 6 heteroatoms. The SMILES string of the molecule is CC12CCCCC1C2C(=O)NN=Cc1cc(I)c(OCc2cccc3ccccc23)c(I)c1. The van der Waals surface area contributed by atoms with Crippen molar-refractivity contribution in [1.29, 1.82) is 0 Å². The van der Waals surface area contributed by atoms with Gasteiger partial charge >= 0.3 is 0 Å². The minimum absolute atomic E-state index is 0.0695. The first kappa shape index (κ1) is 23.1. The highest BCUT2D eigenvalue weighted by Crippen LogP contribution is 2.66. The van der Waals surface area contributed by atoms with Crippen LogP contribution in [-0.2, 0) is 11.4 Å². The molecule has 3 aromatic carbocycles. The Hall–Kier alpha value is -1.68. The smallest absolute Gasteiger partial charge is 0.244 e. The highest BCUT2D eigenvalue weighted by atomic mass is 127. The van der Waals surface area contributed by atoms with Gasteiger partial charge in [0.25, 0.3) is 0 Å². The molecule has 0 saturated heterocycles. The highest BCUT2D eigenvalue weighted by Gasteiger charge is 2.64. The number of hydrogen-bond acceptors (Lipinski definition) is 3. The molecule has 2 aliphatic rings. The number of hydrogen-bond donors (Lipinski definition) is 1. The van der Waals surface area contributed by atoms with E-state index in [1.165, 1.54) is 35.6 Å². The van der Waals surface area contributed by atoms with Gasteiger partial charge in [-0.05, 0) is 103 Å². The fraction of sp³-hybridized carbons (Fsp3) is 0.333. The number of carbonyl (C=O) groups is 1. The number of ether oxygens (including phenoxy) is 1. The van der Waals surface area contributed by atoms with Crippen LogP contribution in [0.4, 0.5) is 0 Å². The first-order valence-corrected chi connectivity index (χ1v) is 13.5. The van der Waals surface area contributed by atoms with Crippen LogP contribution in [0.25, 0.3) is 10.8 Å². The second-order valence-corrected chi connectivity index (χ2v) is 11.6. The molecule has 0 spiro atoms. The molecular formula is C27H26I2N2O2. The Morgan fingerprint density at radius 3 is 2.67 bits per heavy atom. The quantitative estimate of drug-likeness (QED) is 0.177. The van der Waals surface area contributed by atoms with Crippen molar-refractivity contribution in [3.63, 3.8) is 0 Å². The minimum atomic E-state index is 0.0695. The lowest BCUT2D eigenvalue weighted by Crippen LogP contribution is -2.22. The molecular weight excluding hydrogens is 638 g/mol. The average molecular weight is 664 g/mol. The molecule has 4 nitrogen and oxygen atoms in total. The molecule has 3 atom stereocenters. The van der Waals surface area contributed by atoms with E-state index in [-0.39, 0.29) is 17.2 Å². The van der Waals surface area contributed by atoms with E-state index in [1.54, 1.807) is 6.21 Å². The molecule has 0 heterocycles. The van der Waals surface area contributed by atoms with Crippen molar-refractivity contribution in [2.24, 2.45) is 22.4 Å². The molecule has 1 amide bonds. The normalized spacial score (nSPS) is 24.0. The third kappa shape index (κ3) is 4.65. The molecule has 2 aliphatic carbocycles. The summed E-state index contributed by atoms with van der Waals surface area (Å²) in [6.45, 7) is 2.77. The Morgan fingerprint density at radius 2 is 1.91 bits per heavy atom. The third-order valence-corrected chi connectivity index (χ3v) is 8.88. The lowest BCUT2D eigenvalue weighted by Gasteiger charge is -2.15. The van der Waals surface area contributed by atoms with E-state index >= 15 is 0 Å². The molecule has 5 rings (SSSR count). The summed E-state index contributed by atoms with van der Waals surface area (Å²) in [6, 6.07) is 18.7. The van der Waals surface area contributed by atoms with Crippen LogP contribution in [0.2, 0.25) is 0 Å². The van der Waals surface area contributed by atoms with Gasteiger partial charge in [-0.3, -0.25) is 4.79 Å². The summed E-state index contributed by atoms with van der Waals surface area (Å²) in [5.41, 5.74) is 5.10. The molecule has 0 aromatic heterocycles. The van der Waals surface area contributed by atoms with Gasteiger partial charge in [-0.2, -0.15) is 5.10 Å². The Bertz CT molecular complexity index is 1210. The van der Waals surface area contributed by atoms with E-state index in [9.17, 15) is 4.79 Å². The van der Waals surface area contributed by atoms with Crippen molar-refractivity contribution in [1.82, 2.24) is 5.43 Å². The first-order valence-electron chi connectivity index (χ1n) is 11.4. The maximum atomic E-state index is 12.6. The summed E-state index contributed by atoms with van der Waals surface area (Å²) >= 11 is 4.61. The van der Waals surface area contributed by atoms with Crippen LogP contribution in [0.1, 0.15) is 43.7 Å². The Labute approximate surface area is 221 Å². The molecule has 2 saturated carbocycles. The number of fused-ring (bicyclic) bond motifs is 2. The van der Waals surface area contributed by atoms with Crippen LogP contribution in [0.5, 0.6) is 5.75 Å². The molecule has 170 valence electrons. The summed E-state index contributed by atoms with van der Waals surface area (Å²) in [7, 11) is 0. The van der Waals surface area contributed by atoms with Crippen LogP contribution < -0.4 is 10.2 Å². The maximum absolute atomic E-state index is 12.6. The monoisotopic (exact) mass is 664 g/mol. The van der Waals surface area contributed by atoms with Crippen LogP contribution >= 0.6 is 45.2 Å². The zero-order valence-electron chi connectivity index (χ0n) is 18.5. The van der Waals surface area contributed by atoms with E-state index in [0.717, 1.165) is 24.9 Å². The van der Waals surface area contributed by atoms with E-state index in [1.807, 2.05) is 12.1 Å². The van der Waals surface area contributed by atoms with Gasteiger partial charge in [-0.1, -0.05) is 62.2 Å². The third-order valence-electron chi connectivity index (χ3n) is 7.27. The zero-order valence-corrected chi connectivity index (χ0v) is 22.8. The lowest BCUT2D eigenvalue weighted by atomic mass is 9.90. The molecule has 0 radical (unpaired) electrons. The van der Waals surface area contributed by atoms with Gasteiger partial charge in [0.15, 0.2) is 0 Å². The van der Waals surface area contributed by atoms with Crippen molar-refractivity contribution < 1.29 is 9.53 Å². The highest BCUT2D eigenvalue weighted by molar-refractivity contribution is 14.1. The summed E-state index contributed by atoms with van der Waals surface area (Å²) in [5, 5.41) is 6.69. The predicted octanol–water partition coefficient (Wildman–Crippen LogP) is 6.90. The standard InChI is InChI=1S/C27H26I2N2O2/c1-27-12-5-4-11-21(27)24(27)26(32)31-30-15-17-13-22(28)25(23(29)14-17)33-16-19-9-6-8-18-7-2-3-10-20(18)19/h2-3,6-10,13-15,21,24H,4-5,11-12,16H2,1H3,(H,31,32). The van der Waals surface area contributed by atoms with Crippen molar-refractivity contribution in [3.05, 3.63) is 72.9 Å². The number of halogens is 2. The van der Waals surface area contributed by atoms with Gasteiger partial charge in [0, 0.05) is 5.92 Å². The van der Waals surface area contributed by atoms with Crippen LogP contribution in [0, 0.1) is 24.4 Å².